The van der Waals surface area contributed by atoms with Gasteiger partial charge >= 0.3 is 18.2 Å². The summed E-state index contributed by atoms with van der Waals surface area (Å²) in [4.78, 5) is 37.4. The molecular weight excluding hydrogens is 328 g/mol. The lowest BCUT2D eigenvalue weighted by Gasteiger charge is -2.27. The van der Waals surface area contributed by atoms with Crippen LogP contribution in [-0.4, -0.2) is 60.5 Å². The van der Waals surface area contributed by atoms with Crippen LogP contribution in [0.5, 0.6) is 0 Å². The van der Waals surface area contributed by atoms with Gasteiger partial charge in [0.25, 0.3) is 0 Å². The van der Waals surface area contributed by atoms with Gasteiger partial charge in [-0.25, -0.2) is 14.4 Å². The van der Waals surface area contributed by atoms with Crippen molar-refractivity contribution in [2.24, 2.45) is 5.92 Å². The topological polar surface area (TPSA) is 94.2 Å². The van der Waals surface area contributed by atoms with E-state index in [9.17, 15) is 14.4 Å². The van der Waals surface area contributed by atoms with Gasteiger partial charge < -0.3 is 19.5 Å². The number of hydrogen-bond donors (Lipinski definition) is 1. The fraction of sp³-hybridized carbons (Fsp3) is 0.824. The van der Waals surface area contributed by atoms with Gasteiger partial charge in [-0.3, -0.25) is 4.90 Å². The van der Waals surface area contributed by atoms with Gasteiger partial charge in [-0.05, 0) is 53.9 Å². The lowest BCUT2D eigenvalue weighted by Crippen LogP contribution is -2.44. The van der Waals surface area contributed by atoms with Crippen molar-refractivity contribution >= 4 is 18.2 Å². The number of carbonyl (C=O) groups excluding carboxylic acids is 3. The zero-order valence-electron chi connectivity index (χ0n) is 16.2. The molecule has 2 atom stereocenters. The second-order valence-electron chi connectivity index (χ2n) is 8.16. The molecule has 1 unspecified atom stereocenters. The average molecular weight is 358 g/mol. The van der Waals surface area contributed by atoms with E-state index in [0.29, 0.717) is 19.5 Å². The molecule has 0 bridgehead atoms. The fourth-order valence-corrected chi connectivity index (χ4v) is 2.49. The first-order valence-electron chi connectivity index (χ1n) is 8.36. The molecule has 1 aliphatic heterocycles. The number of ether oxygens (including phenoxy) is 3. The van der Waals surface area contributed by atoms with Gasteiger partial charge in [0.1, 0.15) is 17.2 Å². The first-order valence-corrected chi connectivity index (χ1v) is 8.36. The van der Waals surface area contributed by atoms with Crippen molar-refractivity contribution < 1.29 is 28.6 Å². The molecule has 1 N–H and O–H groups in total. The highest BCUT2D eigenvalue weighted by Crippen LogP contribution is 2.26. The van der Waals surface area contributed by atoms with Crippen LogP contribution in [0.4, 0.5) is 9.59 Å². The summed E-state index contributed by atoms with van der Waals surface area (Å²) < 4.78 is 15.3. The minimum absolute atomic E-state index is 0.0934. The Bertz CT molecular complexity index is 506. The van der Waals surface area contributed by atoms with Gasteiger partial charge in [-0.15, -0.1) is 0 Å². The molecule has 25 heavy (non-hydrogen) atoms. The first kappa shape index (κ1) is 21.1. The Balaban J connectivity index is 2.69. The molecule has 2 amide bonds. The lowest BCUT2D eigenvalue weighted by atomic mass is 10.1. The predicted molar refractivity (Wildman–Crippen MR) is 91.1 cm³/mol. The van der Waals surface area contributed by atoms with Crippen molar-refractivity contribution in [1.82, 2.24) is 10.2 Å². The summed E-state index contributed by atoms with van der Waals surface area (Å²) in [6.07, 6.45) is -0.706. The van der Waals surface area contributed by atoms with Crippen molar-refractivity contribution in [1.29, 1.82) is 0 Å². The van der Waals surface area contributed by atoms with E-state index in [-0.39, 0.29) is 5.92 Å². The minimum atomic E-state index is -0.717. The largest absolute Gasteiger partial charge is 0.467 e. The summed E-state index contributed by atoms with van der Waals surface area (Å²) in [6, 6.07) is -0.717. The molecule has 0 saturated carbocycles. The Labute approximate surface area is 149 Å². The van der Waals surface area contributed by atoms with Crippen molar-refractivity contribution in [2.45, 2.75) is 65.2 Å². The van der Waals surface area contributed by atoms with Gasteiger partial charge in [-0.1, -0.05) is 0 Å². The molecule has 8 heteroatoms. The number of alkyl carbamates (subject to hydrolysis) is 1. The van der Waals surface area contributed by atoms with E-state index in [4.69, 9.17) is 14.2 Å². The van der Waals surface area contributed by atoms with E-state index < -0.39 is 35.4 Å². The van der Waals surface area contributed by atoms with Crippen molar-refractivity contribution in [3.8, 4) is 0 Å². The second kappa shape index (κ2) is 7.93. The Morgan fingerprint density at radius 2 is 1.60 bits per heavy atom. The van der Waals surface area contributed by atoms with E-state index in [1.54, 1.807) is 41.5 Å². The standard InChI is InChI=1S/C17H30N2O6/c1-16(2,3)24-14(21)18-9-11-8-12(13(20)23-7)19(10-11)15(22)25-17(4,5)6/h11-12H,8-10H2,1-7H3,(H,18,21)/t11?,12-/m0/s1. The fourth-order valence-electron chi connectivity index (χ4n) is 2.49. The molecule has 144 valence electrons. The Hall–Kier alpha value is -1.99. The summed E-state index contributed by atoms with van der Waals surface area (Å²) >= 11 is 0. The maximum atomic E-state index is 12.3. The lowest BCUT2D eigenvalue weighted by molar-refractivity contribution is -0.145. The quantitative estimate of drug-likeness (QED) is 0.614. The average Bonchev–Trinajstić information content (AvgIpc) is 2.85. The minimum Gasteiger partial charge on any atom is -0.467 e. The van der Waals surface area contributed by atoms with Crippen molar-refractivity contribution in [3.63, 3.8) is 0 Å². The van der Waals surface area contributed by atoms with Crippen LogP contribution in [0.15, 0.2) is 0 Å². The van der Waals surface area contributed by atoms with Crippen LogP contribution in [0.2, 0.25) is 0 Å². The highest BCUT2D eigenvalue weighted by Gasteiger charge is 2.42. The molecule has 1 heterocycles. The summed E-state index contributed by atoms with van der Waals surface area (Å²) in [7, 11) is 1.28. The number of carbonyl (C=O) groups is 3. The van der Waals surface area contributed by atoms with Gasteiger partial charge in [0.15, 0.2) is 0 Å². The Kier molecular flexibility index (Phi) is 6.68. The molecule has 0 aliphatic carbocycles. The number of nitrogens with zero attached hydrogens (tertiary/aromatic N) is 1. The van der Waals surface area contributed by atoms with Crippen LogP contribution in [0, 0.1) is 5.92 Å². The molecule has 1 fully saturated rings. The number of amides is 2. The summed E-state index contributed by atoms with van der Waals surface area (Å²) in [5, 5.41) is 2.67. The number of esters is 1. The smallest absolute Gasteiger partial charge is 0.411 e. The molecule has 8 nitrogen and oxygen atoms in total. The zero-order valence-corrected chi connectivity index (χ0v) is 16.2. The van der Waals surface area contributed by atoms with E-state index in [1.165, 1.54) is 12.0 Å². The SMILES string of the molecule is COC(=O)[C@@H]1CC(CNC(=O)OC(C)(C)C)CN1C(=O)OC(C)(C)C. The summed E-state index contributed by atoms with van der Waals surface area (Å²) in [6.45, 7) is 11.2. The predicted octanol–water partition coefficient (Wildman–Crippen LogP) is 2.31. The molecule has 0 radical (unpaired) electrons. The third-order valence-electron chi connectivity index (χ3n) is 3.42. The van der Waals surface area contributed by atoms with Crippen molar-refractivity contribution in [3.05, 3.63) is 0 Å². The number of likely N-dealkylation sites (tertiary alicyclic amines) is 1. The number of methoxy groups -OCH3 is 1. The van der Waals surface area contributed by atoms with Gasteiger partial charge in [0.05, 0.1) is 7.11 Å². The van der Waals surface area contributed by atoms with Crippen LogP contribution in [0.3, 0.4) is 0 Å². The molecule has 1 saturated heterocycles. The molecule has 1 rings (SSSR count). The Morgan fingerprint density at radius 3 is 2.08 bits per heavy atom. The monoisotopic (exact) mass is 358 g/mol. The summed E-state index contributed by atoms with van der Waals surface area (Å²) in [5.41, 5.74) is -1.25. The van der Waals surface area contributed by atoms with Gasteiger partial charge in [0, 0.05) is 13.1 Å². The molecule has 0 spiro atoms. The first-order chi connectivity index (χ1) is 11.3. The van der Waals surface area contributed by atoms with Crippen LogP contribution >= 0.6 is 0 Å². The zero-order chi connectivity index (χ0) is 19.4. The normalized spacial score (nSPS) is 20.8. The highest BCUT2D eigenvalue weighted by atomic mass is 16.6. The third kappa shape index (κ3) is 7.19. The number of nitrogens with one attached hydrogen (secondary N) is 1. The van der Waals surface area contributed by atoms with E-state index in [2.05, 4.69) is 5.32 Å². The van der Waals surface area contributed by atoms with Crippen molar-refractivity contribution in [2.75, 3.05) is 20.2 Å². The van der Waals surface area contributed by atoms with Crippen LogP contribution in [-0.2, 0) is 19.0 Å². The van der Waals surface area contributed by atoms with Crippen LogP contribution in [0.25, 0.3) is 0 Å². The Morgan fingerprint density at radius 1 is 1.04 bits per heavy atom. The number of hydrogen-bond acceptors (Lipinski definition) is 6. The third-order valence-corrected chi connectivity index (χ3v) is 3.42. The van der Waals surface area contributed by atoms with E-state index in [1.807, 2.05) is 0 Å². The molecule has 0 aromatic rings. The van der Waals surface area contributed by atoms with Crippen LogP contribution < -0.4 is 5.32 Å². The number of rotatable bonds is 3. The van der Waals surface area contributed by atoms with Gasteiger partial charge in [0.2, 0.25) is 0 Å². The summed E-state index contributed by atoms with van der Waals surface area (Å²) in [5.74, 6) is -0.588. The van der Waals surface area contributed by atoms with Crippen LogP contribution in [0.1, 0.15) is 48.0 Å². The second-order valence-corrected chi connectivity index (χ2v) is 8.16. The van der Waals surface area contributed by atoms with E-state index >= 15 is 0 Å². The maximum absolute atomic E-state index is 12.3. The molecular formula is C17H30N2O6. The van der Waals surface area contributed by atoms with Gasteiger partial charge in [-0.2, -0.15) is 0 Å². The van der Waals surface area contributed by atoms with E-state index in [0.717, 1.165) is 0 Å². The molecule has 1 aliphatic rings. The maximum Gasteiger partial charge on any atom is 0.411 e. The highest BCUT2D eigenvalue weighted by molar-refractivity contribution is 5.82. The molecule has 0 aromatic carbocycles. The molecule has 0 aromatic heterocycles.